The topological polar surface area (TPSA) is 34.4 Å². The number of amides is 1. The summed E-state index contributed by atoms with van der Waals surface area (Å²) in [7, 11) is 0. The maximum Gasteiger partial charge on any atom is 0.282 e. The van der Waals surface area contributed by atoms with Crippen molar-refractivity contribution < 1.29 is 9.18 Å². The van der Waals surface area contributed by atoms with Gasteiger partial charge in [-0.3, -0.25) is 4.79 Å². The van der Waals surface area contributed by atoms with Gasteiger partial charge in [0, 0.05) is 11.0 Å². The van der Waals surface area contributed by atoms with E-state index in [0.717, 1.165) is 14.7 Å². The van der Waals surface area contributed by atoms with Crippen molar-refractivity contribution in [1.29, 1.82) is 0 Å². The van der Waals surface area contributed by atoms with Crippen LogP contribution in [-0.2, 0) is 6.54 Å². The Morgan fingerprint density at radius 3 is 2.82 bits per heavy atom. The first-order valence-electron chi connectivity index (χ1n) is 6.72. The molecule has 1 aromatic heterocycles. The van der Waals surface area contributed by atoms with Crippen LogP contribution in [0.1, 0.15) is 17.3 Å². The maximum atomic E-state index is 13.7. The highest BCUT2D eigenvalue weighted by Gasteiger charge is 2.11. The van der Waals surface area contributed by atoms with E-state index in [1.807, 2.05) is 29.7 Å². The zero-order valence-corrected chi connectivity index (χ0v) is 14.1. The third-order valence-corrected chi connectivity index (χ3v) is 4.80. The van der Waals surface area contributed by atoms with Gasteiger partial charge in [0.25, 0.3) is 5.91 Å². The molecule has 0 N–H and O–H groups in total. The van der Waals surface area contributed by atoms with Gasteiger partial charge >= 0.3 is 0 Å². The molecule has 112 valence electrons. The minimum atomic E-state index is -0.564. The van der Waals surface area contributed by atoms with Crippen LogP contribution in [-0.4, -0.2) is 10.5 Å². The van der Waals surface area contributed by atoms with Gasteiger partial charge in [-0.05, 0) is 37.3 Å². The molecule has 22 heavy (non-hydrogen) atoms. The van der Waals surface area contributed by atoms with Gasteiger partial charge in [0.15, 0.2) is 4.80 Å². The van der Waals surface area contributed by atoms with Crippen LogP contribution in [0, 0.1) is 5.82 Å². The zero-order valence-electron chi connectivity index (χ0n) is 11.7. The summed E-state index contributed by atoms with van der Waals surface area (Å²) in [5, 5.41) is 0. The summed E-state index contributed by atoms with van der Waals surface area (Å²) in [5.74, 6) is -1.12. The lowest BCUT2D eigenvalue weighted by Gasteiger charge is -2.00. The van der Waals surface area contributed by atoms with Gasteiger partial charge in [-0.15, -0.1) is 0 Å². The Hall–Kier alpha value is -1.79. The molecule has 1 heterocycles. The molecule has 6 heteroatoms. The molecular weight excluding hydrogens is 367 g/mol. The Morgan fingerprint density at radius 2 is 2.09 bits per heavy atom. The minimum absolute atomic E-state index is 0.0104. The summed E-state index contributed by atoms with van der Waals surface area (Å²) >= 11 is 4.85. The number of aromatic nitrogens is 1. The van der Waals surface area contributed by atoms with Crippen molar-refractivity contribution >= 4 is 43.4 Å². The van der Waals surface area contributed by atoms with Crippen LogP contribution in [0.25, 0.3) is 10.2 Å². The van der Waals surface area contributed by atoms with E-state index in [0.29, 0.717) is 11.3 Å². The van der Waals surface area contributed by atoms with Crippen LogP contribution in [0.5, 0.6) is 0 Å². The molecule has 0 spiro atoms. The molecule has 0 saturated carbocycles. The number of halogens is 2. The van der Waals surface area contributed by atoms with Crippen LogP contribution in [0.2, 0.25) is 0 Å². The van der Waals surface area contributed by atoms with Gasteiger partial charge in [0.2, 0.25) is 0 Å². The molecule has 0 saturated heterocycles. The molecule has 0 fully saturated rings. The van der Waals surface area contributed by atoms with Crippen molar-refractivity contribution in [3.05, 3.63) is 63.1 Å². The molecule has 1 amide bonds. The van der Waals surface area contributed by atoms with Crippen LogP contribution < -0.4 is 4.80 Å². The fraction of sp³-hybridized carbons (Fsp3) is 0.125. The highest BCUT2D eigenvalue weighted by atomic mass is 79.9. The number of hydrogen-bond acceptors (Lipinski definition) is 2. The van der Waals surface area contributed by atoms with Crippen LogP contribution in [0.3, 0.4) is 0 Å². The highest BCUT2D eigenvalue weighted by molar-refractivity contribution is 9.10. The Labute approximate surface area is 138 Å². The first kappa shape index (κ1) is 15.1. The number of thiazole rings is 1. The molecule has 0 aliphatic carbocycles. The first-order chi connectivity index (χ1) is 10.6. The van der Waals surface area contributed by atoms with Crippen molar-refractivity contribution in [3.8, 4) is 0 Å². The van der Waals surface area contributed by atoms with E-state index in [2.05, 4.69) is 20.9 Å². The Bertz CT molecular complexity index is 929. The number of aryl methyl sites for hydroxylation is 1. The monoisotopic (exact) mass is 378 g/mol. The number of hydrogen-bond donors (Lipinski definition) is 0. The second-order valence-corrected chi connectivity index (χ2v) is 6.56. The largest absolute Gasteiger partial charge is 0.317 e. The molecule has 3 rings (SSSR count). The van der Waals surface area contributed by atoms with Gasteiger partial charge in [-0.25, -0.2) is 4.39 Å². The predicted octanol–water partition coefficient (Wildman–Crippen LogP) is 4.37. The van der Waals surface area contributed by atoms with E-state index < -0.39 is 11.7 Å². The van der Waals surface area contributed by atoms with E-state index >= 15 is 0 Å². The lowest BCUT2D eigenvalue weighted by atomic mass is 10.2. The molecule has 0 unspecified atom stereocenters. The normalized spacial score (nSPS) is 12.0. The molecule has 0 radical (unpaired) electrons. The van der Waals surface area contributed by atoms with E-state index in [9.17, 15) is 9.18 Å². The molecule has 3 aromatic rings. The number of carbonyl (C=O) groups excluding carboxylic acids is 1. The van der Waals surface area contributed by atoms with Crippen LogP contribution in [0.15, 0.2) is 51.9 Å². The van der Waals surface area contributed by atoms with E-state index in [4.69, 9.17) is 0 Å². The van der Waals surface area contributed by atoms with E-state index in [1.54, 1.807) is 12.1 Å². The van der Waals surface area contributed by atoms with Crippen LogP contribution in [0.4, 0.5) is 4.39 Å². The summed E-state index contributed by atoms with van der Waals surface area (Å²) < 4.78 is 17.6. The van der Waals surface area contributed by atoms with Gasteiger partial charge in [0.1, 0.15) is 5.82 Å². The van der Waals surface area contributed by atoms with E-state index in [1.165, 1.54) is 23.5 Å². The highest BCUT2D eigenvalue weighted by Crippen LogP contribution is 2.22. The molecule has 0 aliphatic heterocycles. The standard InChI is InChI=1S/C16H12BrFN2OS/c1-2-20-13-8-7-10(17)9-14(13)22-16(20)19-15(21)11-5-3-4-6-12(11)18/h3-9H,2H2,1H3. The smallest absolute Gasteiger partial charge is 0.282 e. The maximum absolute atomic E-state index is 13.7. The number of nitrogens with zero attached hydrogens (tertiary/aromatic N) is 2. The second-order valence-electron chi connectivity index (χ2n) is 4.64. The van der Waals surface area contributed by atoms with Gasteiger partial charge < -0.3 is 4.57 Å². The first-order valence-corrected chi connectivity index (χ1v) is 8.33. The summed E-state index contributed by atoms with van der Waals surface area (Å²) in [4.78, 5) is 16.9. The summed E-state index contributed by atoms with van der Waals surface area (Å²) in [6, 6.07) is 11.8. The van der Waals surface area contributed by atoms with Crippen LogP contribution >= 0.6 is 27.3 Å². The van der Waals surface area contributed by atoms with Gasteiger partial charge in [0.05, 0.1) is 15.8 Å². The quantitative estimate of drug-likeness (QED) is 0.651. The fourth-order valence-corrected chi connectivity index (χ4v) is 3.86. The van der Waals surface area contributed by atoms with Crippen molar-refractivity contribution in [3.63, 3.8) is 0 Å². The van der Waals surface area contributed by atoms with Crippen molar-refractivity contribution in [2.45, 2.75) is 13.5 Å². The molecular formula is C16H12BrFN2OS. The number of benzene rings is 2. The predicted molar refractivity (Wildman–Crippen MR) is 89.5 cm³/mol. The third kappa shape index (κ3) is 2.76. The summed E-state index contributed by atoms with van der Waals surface area (Å²) in [6.45, 7) is 2.67. The average molecular weight is 379 g/mol. The number of carbonyl (C=O) groups is 1. The Morgan fingerprint density at radius 1 is 1.32 bits per heavy atom. The van der Waals surface area contributed by atoms with Crippen molar-refractivity contribution in [1.82, 2.24) is 4.57 Å². The lowest BCUT2D eigenvalue weighted by molar-refractivity contribution is 0.0994. The van der Waals surface area contributed by atoms with E-state index in [-0.39, 0.29) is 5.56 Å². The molecule has 3 nitrogen and oxygen atoms in total. The molecule has 0 atom stereocenters. The molecule has 0 bridgehead atoms. The summed E-state index contributed by atoms with van der Waals surface area (Å²) in [5.41, 5.74) is 1.000. The lowest BCUT2D eigenvalue weighted by Crippen LogP contribution is -2.16. The fourth-order valence-electron chi connectivity index (χ4n) is 2.22. The van der Waals surface area contributed by atoms with Crippen molar-refractivity contribution in [2.24, 2.45) is 4.99 Å². The van der Waals surface area contributed by atoms with Crippen molar-refractivity contribution in [2.75, 3.05) is 0 Å². The number of fused-ring (bicyclic) bond motifs is 1. The Kier molecular flexibility index (Phi) is 4.22. The Balaban J connectivity index is 2.17. The minimum Gasteiger partial charge on any atom is -0.317 e. The van der Waals surface area contributed by atoms with Gasteiger partial charge in [-0.2, -0.15) is 4.99 Å². The third-order valence-electron chi connectivity index (χ3n) is 3.26. The molecule has 2 aromatic carbocycles. The average Bonchev–Trinajstić information content (AvgIpc) is 2.83. The number of rotatable bonds is 2. The van der Waals surface area contributed by atoms with Gasteiger partial charge in [-0.1, -0.05) is 39.4 Å². The zero-order chi connectivity index (χ0) is 15.7. The second kappa shape index (κ2) is 6.14. The SMILES string of the molecule is CCn1c(=NC(=O)c2ccccc2F)sc2cc(Br)ccc21. The molecule has 0 aliphatic rings. The summed E-state index contributed by atoms with van der Waals surface area (Å²) in [6.07, 6.45) is 0.